The van der Waals surface area contributed by atoms with Gasteiger partial charge in [0.1, 0.15) is 11.3 Å². The average molecular weight is 335 g/mol. The second kappa shape index (κ2) is 6.19. The van der Waals surface area contributed by atoms with Gasteiger partial charge in [0.15, 0.2) is 5.75 Å². The van der Waals surface area contributed by atoms with Crippen molar-refractivity contribution in [3.63, 3.8) is 0 Å². The number of halogens is 3. The molecule has 0 aliphatic heterocycles. The highest BCUT2D eigenvalue weighted by Gasteiger charge is 2.37. The van der Waals surface area contributed by atoms with E-state index in [4.69, 9.17) is 4.74 Å². The van der Waals surface area contributed by atoms with Gasteiger partial charge in [-0.2, -0.15) is 13.2 Å². The molecule has 6 heteroatoms. The lowest BCUT2D eigenvalue weighted by Crippen LogP contribution is -2.16. The minimum absolute atomic E-state index is 0.0445. The zero-order valence-corrected chi connectivity index (χ0v) is 13.0. The van der Waals surface area contributed by atoms with Crippen molar-refractivity contribution in [2.45, 2.75) is 25.9 Å². The zero-order chi connectivity index (χ0) is 17.3. The largest absolute Gasteiger partial charge is 0.455 e. The Kier molecular flexibility index (Phi) is 4.22. The SMILES string of the molecule is Cc1cc(NC(=O)C2CC2)c(Oc2ccccc2)c(C(F)(F)F)c1. The summed E-state index contributed by atoms with van der Waals surface area (Å²) in [5.74, 6) is -0.502. The summed E-state index contributed by atoms with van der Waals surface area (Å²) in [4.78, 5) is 12.0. The van der Waals surface area contributed by atoms with E-state index in [1.165, 1.54) is 6.07 Å². The standard InChI is InChI=1S/C18H16F3NO2/c1-11-9-14(18(19,20)21)16(24-13-5-3-2-4-6-13)15(10-11)22-17(23)12-7-8-12/h2-6,9-10,12H,7-8H2,1H3,(H,22,23). The lowest BCUT2D eigenvalue weighted by molar-refractivity contribution is -0.138. The topological polar surface area (TPSA) is 38.3 Å². The summed E-state index contributed by atoms with van der Waals surface area (Å²) >= 11 is 0. The van der Waals surface area contributed by atoms with E-state index in [9.17, 15) is 18.0 Å². The first kappa shape index (κ1) is 16.4. The van der Waals surface area contributed by atoms with E-state index in [0.717, 1.165) is 18.9 Å². The summed E-state index contributed by atoms with van der Waals surface area (Å²) < 4.78 is 45.8. The number of hydrogen-bond donors (Lipinski definition) is 1. The summed E-state index contributed by atoms with van der Waals surface area (Å²) in [7, 11) is 0. The van der Waals surface area contributed by atoms with Crippen LogP contribution < -0.4 is 10.1 Å². The van der Waals surface area contributed by atoms with Gasteiger partial charge in [-0.1, -0.05) is 18.2 Å². The molecule has 126 valence electrons. The molecule has 1 amide bonds. The van der Waals surface area contributed by atoms with E-state index in [0.29, 0.717) is 5.56 Å². The molecule has 24 heavy (non-hydrogen) atoms. The monoisotopic (exact) mass is 335 g/mol. The van der Waals surface area contributed by atoms with Gasteiger partial charge in [-0.3, -0.25) is 4.79 Å². The number of aryl methyl sites for hydroxylation is 1. The first-order chi connectivity index (χ1) is 11.3. The lowest BCUT2D eigenvalue weighted by Gasteiger charge is -2.19. The van der Waals surface area contributed by atoms with Gasteiger partial charge in [-0.25, -0.2) is 0 Å². The number of hydrogen-bond acceptors (Lipinski definition) is 2. The quantitative estimate of drug-likeness (QED) is 0.838. The summed E-state index contributed by atoms with van der Waals surface area (Å²) in [6.07, 6.45) is -3.06. The van der Waals surface area contributed by atoms with E-state index < -0.39 is 11.7 Å². The number of benzene rings is 2. The van der Waals surface area contributed by atoms with E-state index in [-0.39, 0.29) is 29.0 Å². The second-order valence-corrected chi connectivity index (χ2v) is 5.87. The number of alkyl halides is 3. The Labute approximate surface area is 137 Å². The van der Waals surface area contributed by atoms with Gasteiger partial charge in [0.25, 0.3) is 0 Å². The van der Waals surface area contributed by atoms with Crippen molar-refractivity contribution in [3.8, 4) is 11.5 Å². The van der Waals surface area contributed by atoms with E-state index >= 15 is 0 Å². The van der Waals surface area contributed by atoms with Crippen LogP contribution in [0.4, 0.5) is 18.9 Å². The summed E-state index contributed by atoms with van der Waals surface area (Å²) in [6.45, 7) is 1.55. The van der Waals surface area contributed by atoms with Gasteiger partial charge in [0.2, 0.25) is 5.91 Å². The van der Waals surface area contributed by atoms with Gasteiger partial charge in [0, 0.05) is 5.92 Å². The smallest absolute Gasteiger partial charge is 0.420 e. The molecule has 2 aromatic carbocycles. The molecular weight excluding hydrogens is 319 g/mol. The van der Waals surface area contributed by atoms with E-state index in [1.807, 2.05) is 0 Å². The molecular formula is C18H16F3NO2. The number of carbonyl (C=O) groups is 1. The maximum Gasteiger partial charge on any atom is 0.420 e. The predicted octanol–water partition coefficient (Wildman–Crippen LogP) is 5.15. The Hall–Kier alpha value is -2.50. The van der Waals surface area contributed by atoms with Crippen molar-refractivity contribution in [2.24, 2.45) is 5.92 Å². The molecule has 3 nitrogen and oxygen atoms in total. The molecule has 1 aliphatic rings. The molecule has 0 saturated heterocycles. The fraction of sp³-hybridized carbons (Fsp3) is 0.278. The second-order valence-electron chi connectivity index (χ2n) is 5.87. The van der Waals surface area contributed by atoms with Crippen LogP contribution in [0.5, 0.6) is 11.5 Å². The van der Waals surface area contributed by atoms with Gasteiger partial charge < -0.3 is 10.1 Å². The Balaban J connectivity index is 2.04. The fourth-order valence-electron chi connectivity index (χ4n) is 2.37. The van der Waals surface area contributed by atoms with Crippen molar-refractivity contribution < 1.29 is 22.7 Å². The highest BCUT2D eigenvalue weighted by atomic mass is 19.4. The van der Waals surface area contributed by atoms with Crippen LogP contribution >= 0.6 is 0 Å². The Bertz CT molecular complexity index is 753. The highest BCUT2D eigenvalue weighted by Crippen LogP contribution is 2.44. The summed E-state index contributed by atoms with van der Waals surface area (Å²) in [5, 5.41) is 2.58. The molecule has 0 bridgehead atoms. The molecule has 0 aromatic heterocycles. The van der Waals surface area contributed by atoms with Crippen LogP contribution in [-0.4, -0.2) is 5.91 Å². The van der Waals surface area contributed by atoms with Crippen molar-refractivity contribution in [2.75, 3.05) is 5.32 Å². The van der Waals surface area contributed by atoms with Crippen LogP contribution in [-0.2, 0) is 11.0 Å². The van der Waals surface area contributed by atoms with Crippen LogP contribution in [0, 0.1) is 12.8 Å². The number of carbonyl (C=O) groups excluding carboxylic acids is 1. The molecule has 0 heterocycles. The fourth-order valence-corrected chi connectivity index (χ4v) is 2.37. The Morgan fingerprint density at radius 2 is 1.83 bits per heavy atom. The molecule has 0 spiro atoms. The third kappa shape index (κ3) is 3.69. The lowest BCUT2D eigenvalue weighted by atomic mass is 10.1. The first-order valence-corrected chi connectivity index (χ1v) is 7.60. The van der Waals surface area contributed by atoms with Crippen LogP contribution in [0.25, 0.3) is 0 Å². The van der Waals surface area contributed by atoms with Crippen molar-refractivity contribution >= 4 is 11.6 Å². The van der Waals surface area contributed by atoms with Crippen LogP contribution in [0.15, 0.2) is 42.5 Å². The summed E-state index contributed by atoms with van der Waals surface area (Å²) in [5.41, 5.74) is -0.464. The van der Waals surface area contributed by atoms with Gasteiger partial charge >= 0.3 is 6.18 Å². The van der Waals surface area contributed by atoms with Gasteiger partial charge in [0.05, 0.1) is 5.69 Å². The Morgan fingerprint density at radius 3 is 2.42 bits per heavy atom. The molecule has 1 aliphatic carbocycles. The first-order valence-electron chi connectivity index (χ1n) is 7.60. The molecule has 1 saturated carbocycles. The zero-order valence-electron chi connectivity index (χ0n) is 13.0. The third-order valence-corrected chi connectivity index (χ3v) is 3.71. The van der Waals surface area contributed by atoms with Crippen molar-refractivity contribution in [3.05, 3.63) is 53.6 Å². The predicted molar refractivity (Wildman–Crippen MR) is 84.1 cm³/mol. The minimum Gasteiger partial charge on any atom is -0.455 e. The third-order valence-electron chi connectivity index (χ3n) is 3.71. The maximum absolute atomic E-state index is 13.4. The number of anilines is 1. The highest BCUT2D eigenvalue weighted by molar-refractivity contribution is 5.95. The van der Waals surface area contributed by atoms with Crippen LogP contribution in [0.2, 0.25) is 0 Å². The number of amides is 1. The molecule has 3 rings (SSSR count). The maximum atomic E-state index is 13.4. The van der Waals surface area contributed by atoms with Crippen LogP contribution in [0.3, 0.4) is 0 Å². The molecule has 0 unspecified atom stereocenters. The number of ether oxygens (including phenoxy) is 1. The average Bonchev–Trinajstić information content (AvgIpc) is 3.34. The minimum atomic E-state index is -4.59. The van der Waals surface area contributed by atoms with Crippen molar-refractivity contribution in [1.29, 1.82) is 0 Å². The normalized spacial score (nSPS) is 14.3. The number of rotatable bonds is 4. The number of nitrogens with one attached hydrogen (secondary N) is 1. The Morgan fingerprint density at radius 1 is 1.17 bits per heavy atom. The summed E-state index contributed by atoms with van der Waals surface area (Å²) in [6, 6.07) is 10.7. The van der Waals surface area contributed by atoms with E-state index in [2.05, 4.69) is 5.32 Å². The van der Waals surface area contributed by atoms with Gasteiger partial charge in [-0.15, -0.1) is 0 Å². The van der Waals surface area contributed by atoms with E-state index in [1.54, 1.807) is 37.3 Å². The molecule has 2 aromatic rings. The van der Waals surface area contributed by atoms with Crippen molar-refractivity contribution in [1.82, 2.24) is 0 Å². The molecule has 0 atom stereocenters. The molecule has 1 fully saturated rings. The number of para-hydroxylation sites is 1. The van der Waals surface area contributed by atoms with Crippen LogP contribution in [0.1, 0.15) is 24.0 Å². The molecule has 0 radical (unpaired) electrons. The van der Waals surface area contributed by atoms with Gasteiger partial charge in [-0.05, 0) is 49.6 Å². The molecule has 1 N–H and O–H groups in total.